The SMILES string of the molecule is CC(C)(C)OC(=O)Nc1ccc(NO)o1. The van der Waals surface area contributed by atoms with Crippen LogP contribution < -0.4 is 10.8 Å². The molecule has 0 fully saturated rings. The number of anilines is 2. The normalized spacial score (nSPS) is 10.9. The Labute approximate surface area is 87.2 Å². The van der Waals surface area contributed by atoms with Gasteiger partial charge in [-0.2, -0.15) is 0 Å². The van der Waals surface area contributed by atoms with Crippen LogP contribution in [-0.2, 0) is 4.74 Å². The molecular weight excluding hydrogens is 200 g/mol. The van der Waals surface area contributed by atoms with E-state index in [9.17, 15) is 4.79 Å². The van der Waals surface area contributed by atoms with Gasteiger partial charge in [-0.05, 0) is 20.8 Å². The predicted molar refractivity (Wildman–Crippen MR) is 54.0 cm³/mol. The van der Waals surface area contributed by atoms with Gasteiger partial charge >= 0.3 is 6.09 Å². The van der Waals surface area contributed by atoms with Crippen molar-refractivity contribution in [2.75, 3.05) is 10.8 Å². The molecule has 3 N–H and O–H groups in total. The van der Waals surface area contributed by atoms with Crippen LogP contribution in [0, 0.1) is 0 Å². The van der Waals surface area contributed by atoms with Crippen molar-refractivity contribution in [1.82, 2.24) is 0 Å². The Morgan fingerprint density at radius 2 is 2.00 bits per heavy atom. The minimum absolute atomic E-state index is 0.140. The summed E-state index contributed by atoms with van der Waals surface area (Å²) in [6.45, 7) is 5.28. The van der Waals surface area contributed by atoms with Crippen molar-refractivity contribution in [3.63, 3.8) is 0 Å². The van der Waals surface area contributed by atoms with E-state index in [1.807, 2.05) is 5.48 Å². The third-order valence-electron chi connectivity index (χ3n) is 1.34. The number of furan rings is 1. The number of hydrogen-bond donors (Lipinski definition) is 3. The lowest BCUT2D eigenvalue weighted by Crippen LogP contribution is -2.27. The summed E-state index contributed by atoms with van der Waals surface area (Å²) in [7, 11) is 0. The lowest BCUT2D eigenvalue weighted by Gasteiger charge is -2.18. The Balaban J connectivity index is 2.51. The smallest absolute Gasteiger partial charge is 0.414 e. The third kappa shape index (κ3) is 3.90. The Morgan fingerprint density at radius 3 is 2.47 bits per heavy atom. The largest absolute Gasteiger partial charge is 0.444 e. The average Bonchev–Trinajstić information content (AvgIpc) is 2.48. The number of amides is 1. The first kappa shape index (κ1) is 11.4. The van der Waals surface area contributed by atoms with Gasteiger partial charge in [0, 0.05) is 12.1 Å². The summed E-state index contributed by atoms with van der Waals surface area (Å²) in [6.07, 6.45) is -0.610. The molecule has 0 radical (unpaired) electrons. The molecule has 0 unspecified atom stereocenters. The molecule has 84 valence electrons. The molecule has 0 atom stereocenters. The van der Waals surface area contributed by atoms with E-state index in [4.69, 9.17) is 14.4 Å². The molecule has 0 aliphatic carbocycles. The van der Waals surface area contributed by atoms with Gasteiger partial charge in [-0.15, -0.1) is 0 Å². The molecule has 1 aromatic rings. The lowest BCUT2D eigenvalue weighted by molar-refractivity contribution is 0.0632. The van der Waals surface area contributed by atoms with Crippen molar-refractivity contribution in [3.05, 3.63) is 12.1 Å². The zero-order valence-corrected chi connectivity index (χ0v) is 8.83. The fraction of sp³-hybridized carbons (Fsp3) is 0.444. The van der Waals surface area contributed by atoms with E-state index in [1.54, 1.807) is 20.8 Å². The maximum atomic E-state index is 11.2. The molecule has 1 amide bonds. The monoisotopic (exact) mass is 214 g/mol. The fourth-order valence-electron chi connectivity index (χ4n) is 0.869. The van der Waals surface area contributed by atoms with Crippen LogP contribution in [0.3, 0.4) is 0 Å². The van der Waals surface area contributed by atoms with E-state index in [0.29, 0.717) is 0 Å². The van der Waals surface area contributed by atoms with Crippen LogP contribution in [0.5, 0.6) is 0 Å². The average molecular weight is 214 g/mol. The van der Waals surface area contributed by atoms with Gasteiger partial charge in [0.05, 0.1) is 0 Å². The van der Waals surface area contributed by atoms with Gasteiger partial charge in [0.15, 0.2) is 0 Å². The maximum Gasteiger partial charge on any atom is 0.414 e. The minimum atomic E-state index is -0.610. The highest BCUT2D eigenvalue weighted by Crippen LogP contribution is 2.18. The van der Waals surface area contributed by atoms with Gasteiger partial charge in [0.25, 0.3) is 0 Å². The first-order valence-corrected chi connectivity index (χ1v) is 4.40. The third-order valence-corrected chi connectivity index (χ3v) is 1.34. The van der Waals surface area contributed by atoms with Crippen molar-refractivity contribution in [2.45, 2.75) is 26.4 Å². The van der Waals surface area contributed by atoms with E-state index >= 15 is 0 Å². The summed E-state index contributed by atoms with van der Waals surface area (Å²) in [4.78, 5) is 11.2. The van der Waals surface area contributed by atoms with E-state index in [-0.39, 0.29) is 11.8 Å². The Hall–Kier alpha value is -1.69. The topological polar surface area (TPSA) is 83.7 Å². The zero-order chi connectivity index (χ0) is 11.5. The number of rotatable bonds is 2. The second kappa shape index (κ2) is 4.22. The van der Waals surface area contributed by atoms with Gasteiger partial charge in [-0.3, -0.25) is 10.5 Å². The van der Waals surface area contributed by atoms with Crippen molar-refractivity contribution < 1.29 is 19.2 Å². The van der Waals surface area contributed by atoms with E-state index in [0.717, 1.165) is 0 Å². The molecule has 0 aromatic carbocycles. The number of carbonyl (C=O) groups is 1. The first-order chi connectivity index (χ1) is 6.90. The molecule has 15 heavy (non-hydrogen) atoms. The van der Waals surface area contributed by atoms with E-state index in [2.05, 4.69) is 5.32 Å². The molecule has 1 rings (SSSR count). The maximum absolute atomic E-state index is 11.2. The number of nitrogens with one attached hydrogen (secondary N) is 2. The summed E-state index contributed by atoms with van der Waals surface area (Å²) in [6, 6.07) is 2.95. The van der Waals surface area contributed by atoms with E-state index < -0.39 is 11.7 Å². The van der Waals surface area contributed by atoms with Gasteiger partial charge in [0.1, 0.15) is 5.60 Å². The number of hydrogen-bond acceptors (Lipinski definition) is 5. The van der Waals surface area contributed by atoms with Gasteiger partial charge in [-0.25, -0.2) is 10.3 Å². The Morgan fingerprint density at radius 1 is 1.40 bits per heavy atom. The second-order valence-corrected chi connectivity index (χ2v) is 3.90. The zero-order valence-electron chi connectivity index (χ0n) is 8.83. The molecule has 0 saturated heterocycles. The molecular formula is C9H14N2O4. The molecule has 0 spiro atoms. The van der Waals surface area contributed by atoms with Gasteiger partial charge < -0.3 is 9.15 Å². The van der Waals surface area contributed by atoms with Crippen molar-refractivity contribution >= 4 is 17.9 Å². The van der Waals surface area contributed by atoms with Crippen molar-refractivity contribution in [3.8, 4) is 0 Å². The van der Waals surface area contributed by atoms with Crippen LogP contribution in [0.15, 0.2) is 16.5 Å². The highest BCUT2D eigenvalue weighted by molar-refractivity contribution is 5.83. The molecule has 0 aliphatic rings. The summed E-state index contributed by atoms with van der Waals surface area (Å²) in [5.74, 6) is 0.335. The van der Waals surface area contributed by atoms with Gasteiger partial charge in [0.2, 0.25) is 11.8 Å². The number of carbonyl (C=O) groups excluding carboxylic acids is 1. The van der Waals surface area contributed by atoms with Crippen LogP contribution in [0.25, 0.3) is 0 Å². The van der Waals surface area contributed by atoms with Crippen molar-refractivity contribution in [1.29, 1.82) is 0 Å². The molecule has 0 bridgehead atoms. The first-order valence-electron chi connectivity index (χ1n) is 4.40. The highest BCUT2D eigenvalue weighted by Gasteiger charge is 2.17. The van der Waals surface area contributed by atoms with E-state index in [1.165, 1.54) is 12.1 Å². The molecule has 1 aromatic heterocycles. The minimum Gasteiger partial charge on any atom is -0.444 e. The van der Waals surface area contributed by atoms with Crippen LogP contribution in [0.1, 0.15) is 20.8 Å². The molecule has 0 saturated carbocycles. The van der Waals surface area contributed by atoms with Crippen molar-refractivity contribution in [2.24, 2.45) is 0 Å². The quantitative estimate of drug-likeness (QED) is 0.658. The summed E-state index contributed by atoms with van der Waals surface area (Å²) in [5, 5.41) is 10.9. The van der Waals surface area contributed by atoms with Crippen LogP contribution in [0.2, 0.25) is 0 Å². The predicted octanol–water partition coefficient (Wildman–Crippen LogP) is 2.43. The highest BCUT2D eigenvalue weighted by atomic mass is 16.6. The van der Waals surface area contributed by atoms with Gasteiger partial charge in [-0.1, -0.05) is 0 Å². The second-order valence-electron chi connectivity index (χ2n) is 3.90. The molecule has 6 heteroatoms. The Kier molecular flexibility index (Phi) is 3.21. The fourth-order valence-corrected chi connectivity index (χ4v) is 0.869. The number of ether oxygens (including phenoxy) is 1. The summed E-state index contributed by atoms with van der Waals surface area (Å²) in [5.41, 5.74) is 1.25. The lowest BCUT2D eigenvalue weighted by atomic mass is 10.2. The van der Waals surface area contributed by atoms with Crippen LogP contribution in [-0.4, -0.2) is 16.9 Å². The molecule has 6 nitrogen and oxygen atoms in total. The molecule has 0 aliphatic heterocycles. The summed E-state index contributed by atoms with van der Waals surface area (Å²) < 4.78 is 9.94. The Bertz CT molecular complexity index is 340. The standard InChI is InChI=1S/C9H14N2O4/c1-9(2,3)15-8(12)10-6-4-5-7(11-13)14-6/h4-5,11,13H,1-3H3,(H,10,12). The van der Waals surface area contributed by atoms with Crippen LogP contribution >= 0.6 is 0 Å². The molecule has 1 heterocycles. The summed E-state index contributed by atoms with van der Waals surface area (Å²) >= 11 is 0. The van der Waals surface area contributed by atoms with Crippen LogP contribution in [0.4, 0.5) is 16.6 Å².